The van der Waals surface area contributed by atoms with Crippen LogP contribution in [0.3, 0.4) is 0 Å². The lowest BCUT2D eigenvalue weighted by atomic mass is 10.1. The molecule has 17 heavy (non-hydrogen) atoms. The molecule has 92 valence electrons. The van der Waals surface area contributed by atoms with Crippen molar-refractivity contribution in [3.63, 3.8) is 0 Å². The highest BCUT2D eigenvalue weighted by Crippen LogP contribution is 2.22. The average molecular weight is 232 g/mol. The Hall–Kier alpha value is -1.35. The van der Waals surface area contributed by atoms with E-state index in [0.29, 0.717) is 6.54 Å². The van der Waals surface area contributed by atoms with E-state index in [-0.39, 0.29) is 5.91 Å². The molecule has 2 rings (SSSR count). The molecule has 0 unspecified atom stereocenters. The Kier molecular flexibility index (Phi) is 4.15. The summed E-state index contributed by atoms with van der Waals surface area (Å²) in [5, 5.41) is 6.11. The number of carbonyl (C=O) groups is 1. The number of carbonyl (C=O) groups excluding carboxylic acids is 1. The molecule has 0 aliphatic heterocycles. The van der Waals surface area contributed by atoms with Crippen LogP contribution in [-0.2, 0) is 24.2 Å². The lowest BCUT2D eigenvalue weighted by Gasteiger charge is -2.07. The van der Waals surface area contributed by atoms with Crippen LogP contribution in [-0.4, -0.2) is 19.0 Å². The van der Waals surface area contributed by atoms with Crippen LogP contribution < -0.4 is 10.6 Å². The zero-order valence-corrected chi connectivity index (χ0v) is 10.4. The lowest BCUT2D eigenvalue weighted by molar-refractivity contribution is -0.118. The number of nitrogens with one attached hydrogen (secondary N) is 2. The van der Waals surface area contributed by atoms with Crippen LogP contribution in [0, 0.1) is 0 Å². The van der Waals surface area contributed by atoms with Crippen LogP contribution >= 0.6 is 0 Å². The second-order valence-electron chi connectivity index (χ2n) is 4.62. The van der Waals surface area contributed by atoms with E-state index in [1.807, 2.05) is 0 Å². The molecular formula is C14H20N2O. The first kappa shape index (κ1) is 12.1. The number of amides is 1. The number of aryl methyl sites for hydroxylation is 2. The summed E-state index contributed by atoms with van der Waals surface area (Å²) >= 11 is 0. The third-order valence-corrected chi connectivity index (χ3v) is 3.17. The first-order chi connectivity index (χ1) is 8.25. The van der Waals surface area contributed by atoms with E-state index in [1.54, 1.807) is 6.92 Å². The molecule has 2 N–H and O–H groups in total. The first-order valence-corrected chi connectivity index (χ1v) is 6.31. The molecule has 0 heterocycles. The Morgan fingerprint density at radius 2 is 2.06 bits per heavy atom. The molecule has 0 radical (unpaired) electrons. The van der Waals surface area contributed by atoms with E-state index < -0.39 is 0 Å². The van der Waals surface area contributed by atoms with Gasteiger partial charge in [-0.3, -0.25) is 4.79 Å². The number of fused-ring (bicyclic) bond motifs is 1. The van der Waals surface area contributed by atoms with Gasteiger partial charge < -0.3 is 10.6 Å². The minimum absolute atomic E-state index is 0.0318. The van der Waals surface area contributed by atoms with E-state index in [9.17, 15) is 4.79 Å². The monoisotopic (exact) mass is 232 g/mol. The maximum Gasteiger partial charge on any atom is 0.216 e. The Bertz CT molecular complexity index is 401. The minimum Gasteiger partial charge on any atom is -0.355 e. The molecule has 0 spiro atoms. The third kappa shape index (κ3) is 3.56. The van der Waals surface area contributed by atoms with E-state index in [2.05, 4.69) is 28.8 Å². The highest BCUT2D eigenvalue weighted by molar-refractivity contribution is 5.72. The predicted octanol–water partition coefficient (Wildman–Crippen LogP) is 1.40. The van der Waals surface area contributed by atoms with Crippen LogP contribution in [0.25, 0.3) is 0 Å². The summed E-state index contributed by atoms with van der Waals surface area (Å²) < 4.78 is 0. The fraction of sp³-hybridized carbons (Fsp3) is 0.500. The summed E-state index contributed by atoms with van der Waals surface area (Å²) in [6, 6.07) is 6.77. The van der Waals surface area contributed by atoms with Gasteiger partial charge in [0, 0.05) is 26.6 Å². The van der Waals surface area contributed by atoms with E-state index in [1.165, 1.54) is 36.0 Å². The normalized spacial score (nSPS) is 13.5. The summed E-state index contributed by atoms with van der Waals surface area (Å²) in [5.41, 5.74) is 4.38. The first-order valence-electron chi connectivity index (χ1n) is 6.31. The van der Waals surface area contributed by atoms with Crippen LogP contribution in [0.1, 0.15) is 30.0 Å². The molecule has 0 atom stereocenters. The smallest absolute Gasteiger partial charge is 0.216 e. The van der Waals surface area contributed by atoms with Gasteiger partial charge in [0.15, 0.2) is 0 Å². The summed E-state index contributed by atoms with van der Waals surface area (Å²) in [6.07, 6.45) is 3.77. The van der Waals surface area contributed by atoms with Crippen molar-refractivity contribution in [1.82, 2.24) is 10.6 Å². The second-order valence-corrected chi connectivity index (χ2v) is 4.62. The van der Waals surface area contributed by atoms with Gasteiger partial charge in [-0.15, -0.1) is 0 Å². The van der Waals surface area contributed by atoms with Crippen molar-refractivity contribution in [2.45, 2.75) is 32.7 Å². The highest BCUT2D eigenvalue weighted by Gasteiger charge is 2.10. The van der Waals surface area contributed by atoms with E-state index in [4.69, 9.17) is 0 Å². The number of hydrogen-bond acceptors (Lipinski definition) is 2. The molecule has 1 aromatic carbocycles. The molecule has 3 nitrogen and oxygen atoms in total. The zero-order chi connectivity index (χ0) is 12.1. The Labute approximate surface area is 103 Å². The fourth-order valence-corrected chi connectivity index (χ4v) is 2.29. The molecule has 0 saturated heterocycles. The number of hydrogen-bond donors (Lipinski definition) is 2. The molecule has 1 aromatic rings. The largest absolute Gasteiger partial charge is 0.355 e. The Balaban J connectivity index is 1.74. The van der Waals surface area contributed by atoms with Crippen molar-refractivity contribution in [1.29, 1.82) is 0 Å². The van der Waals surface area contributed by atoms with Crippen LogP contribution in [0.4, 0.5) is 0 Å². The fourth-order valence-electron chi connectivity index (χ4n) is 2.29. The maximum atomic E-state index is 10.7. The summed E-state index contributed by atoms with van der Waals surface area (Å²) in [7, 11) is 0. The Morgan fingerprint density at radius 1 is 1.24 bits per heavy atom. The van der Waals surface area contributed by atoms with Gasteiger partial charge in [0.2, 0.25) is 5.91 Å². The molecule has 0 fully saturated rings. The van der Waals surface area contributed by atoms with Crippen molar-refractivity contribution in [2.24, 2.45) is 0 Å². The van der Waals surface area contributed by atoms with Crippen molar-refractivity contribution < 1.29 is 4.79 Å². The lowest BCUT2D eigenvalue weighted by Crippen LogP contribution is -2.29. The van der Waals surface area contributed by atoms with Crippen molar-refractivity contribution in [3.05, 3.63) is 34.9 Å². The van der Waals surface area contributed by atoms with Crippen molar-refractivity contribution in [2.75, 3.05) is 13.1 Å². The summed E-state index contributed by atoms with van der Waals surface area (Å²) in [6.45, 7) is 3.93. The van der Waals surface area contributed by atoms with Gasteiger partial charge in [-0.25, -0.2) is 0 Å². The molecule has 0 bridgehead atoms. The van der Waals surface area contributed by atoms with Crippen molar-refractivity contribution >= 4 is 5.91 Å². The van der Waals surface area contributed by atoms with E-state index in [0.717, 1.165) is 13.1 Å². The topological polar surface area (TPSA) is 41.1 Å². The second kappa shape index (κ2) is 5.82. The molecule has 1 amide bonds. The third-order valence-electron chi connectivity index (χ3n) is 3.17. The van der Waals surface area contributed by atoms with Crippen LogP contribution in [0.5, 0.6) is 0 Å². The maximum absolute atomic E-state index is 10.7. The van der Waals surface area contributed by atoms with Gasteiger partial charge in [-0.05, 0) is 36.0 Å². The number of benzene rings is 1. The van der Waals surface area contributed by atoms with Gasteiger partial charge in [0.1, 0.15) is 0 Å². The van der Waals surface area contributed by atoms with Gasteiger partial charge in [-0.1, -0.05) is 18.2 Å². The van der Waals surface area contributed by atoms with Gasteiger partial charge in [0.05, 0.1) is 0 Å². The average Bonchev–Trinajstić information content (AvgIpc) is 2.75. The van der Waals surface area contributed by atoms with Gasteiger partial charge in [-0.2, -0.15) is 0 Å². The van der Waals surface area contributed by atoms with Gasteiger partial charge >= 0.3 is 0 Å². The molecular weight excluding hydrogens is 212 g/mol. The molecule has 1 aliphatic rings. The van der Waals surface area contributed by atoms with Crippen LogP contribution in [0.2, 0.25) is 0 Å². The zero-order valence-electron chi connectivity index (χ0n) is 10.4. The van der Waals surface area contributed by atoms with Gasteiger partial charge in [0.25, 0.3) is 0 Å². The number of rotatable bonds is 5. The molecule has 3 heteroatoms. The minimum atomic E-state index is 0.0318. The highest BCUT2D eigenvalue weighted by atomic mass is 16.1. The molecule has 0 aromatic heterocycles. The molecule has 0 saturated carbocycles. The molecule has 1 aliphatic carbocycles. The standard InChI is InChI=1S/C14H20N2O/c1-11(17)16-8-7-15-10-12-5-6-13-3-2-4-14(13)9-12/h5-6,9,15H,2-4,7-8,10H2,1H3,(H,16,17). The quantitative estimate of drug-likeness (QED) is 0.753. The summed E-state index contributed by atoms with van der Waals surface area (Å²) in [5.74, 6) is 0.0318. The van der Waals surface area contributed by atoms with Crippen molar-refractivity contribution in [3.8, 4) is 0 Å². The Morgan fingerprint density at radius 3 is 2.88 bits per heavy atom. The van der Waals surface area contributed by atoms with E-state index >= 15 is 0 Å². The van der Waals surface area contributed by atoms with Crippen LogP contribution in [0.15, 0.2) is 18.2 Å². The SMILES string of the molecule is CC(=O)NCCNCc1ccc2c(c1)CCC2. The predicted molar refractivity (Wildman–Crippen MR) is 68.9 cm³/mol. The summed E-state index contributed by atoms with van der Waals surface area (Å²) in [4.78, 5) is 10.7.